The first kappa shape index (κ1) is 16.0. The third kappa shape index (κ3) is 3.62. The molecule has 2 rings (SSSR count). The quantitative estimate of drug-likeness (QED) is 0.854. The number of sulfonamides is 1. The van der Waals surface area contributed by atoms with Crippen LogP contribution in [0.5, 0.6) is 0 Å². The summed E-state index contributed by atoms with van der Waals surface area (Å²) in [5, 5.41) is 8.85. The average Bonchev–Trinajstić information content (AvgIpc) is 2.95. The van der Waals surface area contributed by atoms with E-state index in [4.69, 9.17) is 5.11 Å². The van der Waals surface area contributed by atoms with E-state index in [1.165, 1.54) is 16.8 Å². The van der Waals surface area contributed by atoms with Gasteiger partial charge >= 0.3 is 5.97 Å². The summed E-state index contributed by atoms with van der Waals surface area (Å²) in [4.78, 5) is 14.7. The highest BCUT2D eigenvalue weighted by molar-refractivity contribution is 7.89. The molecular formula is C13H21N3O4S. The number of carboxylic acids is 1. The van der Waals surface area contributed by atoms with Gasteiger partial charge in [0.15, 0.2) is 5.03 Å². The van der Waals surface area contributed by atoms with Crippen molar-refractivity contribution in [2.75, 3.05) is 6.54 Å². The monoisotopic (exact) mass is 315 g/mol. The van der Waals surface area contributed by atoms with Crippen LogP contribution >= 0.6 is 0 Å². The summed E-state index contributed by atoms with van der Waals surface area (Å²) in [6, 6.07) is -0.244. The summed E-state index contributed by atoms with van der Waals surface area (Å²) in [5.74, 6) is -0.895. The van der Waals surface area contributed by atoms with Gasteiger partial charge in [-0.1, -0.05) is 6.42 Å². The molecule has 1 aromatic rings. The first-order valence-electron chi connectivity index (χ1n) is 7.20. The Morgan fingerprint density at radius 3 is 2.86 bits per heavy atom. The van der Waals surface area contributed by atoms with E-state index in [0.717, 1.165) is 12.8 Å². The lowest BCUT2D eigenvalue weighted by molar-refractivity contribution is -0.137. The van der Waals surface area contributed by atoms with E-state index in [1.54, 1.807) is 4.57 Å². The van der Waals surface area contributed by atoms with Crippen molar-refractivity contribution in [3.8, 4) is 0 Å². The van der Waals surface area contributed by atoms with Crippen LogP contribution in [-0.4, -0.2) is 45.9 Å². The Morgan fingerprint density at radius 2 is 2.24 bits per heavy atom. The maximum Gasteiger partial charge on any atom is 0.303 e. The fourth-order valence-electron chi connectivity index (χ4n) is 2.63. The van der Waals surface area contributed by atoms with Crippen molar-refractivity contribution in [2.24, 2.45) is 0 Å². The number of piperidine rings is 1. The lowest BCUT2D eigenvalue weighted by atomic mass is 10.0. The van der Waals surface area contributed by atoms with Crippen LogP contribution in [0.4, 0.5) is 0 Å². The van der Waals surface area contributed by atoms with Gasteiger partial charge < -0.3 is 9.67 Å². The van der Waals surface area contributed by atoms with Crippen LogP contribution in [0.2, 0.25) is 0 Å². The van der Waals surface area contributed by atoms with E-state index in [0.29, 0.717) is 25.9 Å². The summed E-state index contributed by atoms with van der Waals surface area (Å²) in [5.41, 5.74) is 0. The highest BCUT2D eigenvalue weighted by atomic mass is 32.2. The van der Waals surface area contributed by atoms with Gasteiger partial charge in [0.1, 0.15) is 0 Å². The minimum absolute atomic E-state index is 0.0138. The number of hydrogen-bond donors (Lipinski definition) is 1. The number of aromatic nitrogens is 2. The molecule has 2 heterocycles. The second kappa shape index (κ2) is 6.57. The van der Waals surface area contributed by atoms with Gasteiger partial charge in [-0.25, -0.2) is 13.4 Å². The van der Waals surface area contributed by atoms with Crippen molar-refractivity contribution in [2.45, 2.75) is 56.6 Å². The fraction of sp³-hybridized carbons (Fsp3) is 0.692. The van der Waals surface area contributed by atoms with Gasteiger partial charge in [-0.3, -0.25) is 4.79 Å². The molecule has 7 nitrogen and oxygen atoms in total. The Labute approximate surface area is 124 Å². The van der Waals surface area contributed by atoms with Gasteiger partial charge in [0, 0.05) is 31.7 Å². The molecule has 1 fully saturated rings. The molecule has 0 spiro atoms. The summed E-state index contributed by atoms with van der Waals surface area (Å²) in [7, 11) is -3.64. The van der Waals surface area contributed by atoms with E-state index in [9.17, 15) is 13.2 Å². The molecule has 0 aromatic carbocycles. The summed E-state index contributed by atoms with van der Waals surface area (Å²) < 4.78 is 28.5. The maximum absolute atomic E-state index is 12.7. The van der Waals surface area contributed by atoms with Crippen molar-refractivity contribution in [1.29, 1.82) is 0 Å². The van der Waals surface area contributed by atoms with Crippen molar-refractivity contribution in [3.63, 3.8) is 0 Å². The van der Waals surface area contributed by atoms with E-state index in [1.807, 2.05) is 6.92 Å². The zero-order valence-corrected chi connectivity index (χ0v) is 12.9. The largest absolute Gasteiger partial charge is 0.481 e. The van der Waals surface area contributed by atoms with Crippen LogP contribution in [0.15, 0.2) is 17.6 Å². The molecule has 1 unspecified atom stereocenters. The number of aliphatic carboxylic acids is 1. The molecule has 1 aliphatic heterocycles. The normalized spacial score (nSPS) is 20.5. The number of rotatable bonds is 6. The summed E-state index contributed by atoms with van der Waals surface area (Å²) in [6.07, 6.45) is 5.81. The van der Waals surface area contributed by atoms with Gasteiger partial charge in [-0.15, -0.1) is 0 Å². The molecule has 1 saturated heterocycles. The predicted octanol–water partition coefficient (Wildman–Crippen LogP) is 1.31. The lowest BCUT2D eigenvalue weighted by Gasteiger charge is -2.33. The zero-order valence-electron chi connectivity index (χ0n) is 12.1. The number of nitrogens with zero attached hydrogens (tertiary/aromatic N) is 3. The third-order valence-corrected chi connectivity index (χ3v) is 5.65. The summed E-state index contributed by atoms with van der Waals surface area (Å²) >= 11 is 0. The Bertz CT molecular complexity index is 596. The Morgan fingerprint density at radius 1 is 1.48 bits per heavy atom. The molecule has 0 aliphatic carbocycles. The topological polar surface area (TPSA) is 92.5 Å². The maximum atomic E-state index is 12.7. The Hall–Kier alpha value is -1.41. The number of carbonyl (C=O) groups is 1. The van der Waals surface area contributed by atoms with Crippen LogP contribution in [0.3, 0.4) is 0 Å². The van der Waals surface area contributed by atoms with E-state index in [-0.39, 0.29) is 17.5 Å². The molecule has 0 bridgehead atoms. The number of hydrogen-bond acceptors (Lipinski definition) is 4. The van der Waals surface area contributed by atoms with Crippen molar-refractivity contribution in [1.82, 2.24) is 13.9 Å². The van der Waals surface area contributed by atoms with Crippen molar-refractivity contribution in [3.05, 3.63) is 12.5 Å². The van der Waals surface area contributed by atoms with Crippen LogP contribution < -0.4 is 0 Å². The van der Waals surface area contributed by atoms with E-state index in [2.05, 4.69) is 4.98 Å². The Balaban J connectivity index is 2.20. The zero-order chi connectivity index (χ0) is 15.5. The molecule has 0 amide bonds. The van der Waals surface area contributed by atoms with Gasteiger partial charge in [-0.05, 0) is 26.2 Å². The smallest absolute Gasteiger partial charge is 0.303 e. The molecule has 21 heavy (non-hydrogen) atoms. The SMILES string of the molecule is CCn1cnc(S(=O)(=O)N2CCCCC2CCC(=O)O)c1. The average molecular weight is 315 g/mol. The molecule has 1 N–H and O–H groups in total. The highest BCUT2D eigenvalue weighted by Gasteiger charge is 2.34. The van der Waals surface area contributed by atoms with Gasteiger partial charge in [0.25, 0.3) is 10.0 Å². The lowest BCUT2D eigenvalue weighted by Crippen LogP contribution is -2.44. The molecule has 8 heteroatoms. The number of carboxylic acid groups (broad SMARTS) is 1. The van der Waals surface area contributed by atoms with Crippen LogP contribution in [0.25, 0.3) is 0 Å². The molecule has 118 valence electrons. The Kier molecular flexibility index (Phi) is 5.00. The second-order valence-corrected chi connectivity index (χ2v) is 7.08. The molecule has 1 aliphatic rings. The van der Waals surface area contributed by atoms with E-state index < -0.39 is 16.0 Å². The van der Waals surface area contributed by atoms with Gasteiger partial charge in [0.05, 0.1) is 6.33 Å². The van der Waals surface area contributed by atoms with Gasteiger partial charge in [0.2, 0.25) is 0 Å². The molecule has 0 radical (unpaired) electrons. The van der Waals surface area contributed by atoms with Crippen LogP contribution in [-0.2, 0) is 21.4 Å². The summed E-state index contributed by atoms with van der Waals surface area (Å²) in [6.45, 7) is 3.01. The minimum atomic E-state index is -3.64. The molecule has 0 saturated carbocycles. The third-order valence-electron chi connectivity index (χ3n) is 3.81. The van der Waals surface area contributed by atoms with E-state index >= 15 is 0 Å². The first-order chi connectivity index (χ1) is 9.95. The standard InChI is InChI=1S/C13H21N3O4S/c1-2-15-9-12(14-10-15)21(19,20)16-8-4-3-5-11(16)6-7-13(17)18/h9-11H,2-8H2,1H3,(H,17,18). The van der Waals surface area contributed by atoms with Gasteiger partial charge in [-0.2, -0.15) is 4.31 Å². The second-order valence-electron chi connectivity index (χ2n) is 5.24. The van der Waals surface area contributed by atoms with Crippen molar-refractivity contribution < 1.29 is 18.3 Å². The molecule has 1 aromatic heterocycles. The molecular weight excluding hydrogens is 294 g/mol. The number of imidazole rings is 1. The predicted molar refractivity (Wildman–Crippen MR) is 76.3 cm³/mol. The minimum Gasteiger partial charge on any atom is -0.481 e. The van der Waals surface area contributed by atoms with Crippen LogP contribution in [0, 0.1) is 0 Å². The molecule has 1 atom stereocenters. The van der Waals surface area contributed by atoms with Crippen LogP contribution in [0.1, 0.15) is 39.0 Å². The fourth-order valence-corrected chi connectivity index (χ4v) is 4.30. The highest BCUT2D eigenvalue weighted by Crippen LogP contribution is 2.27. The first-order valence-corrected chi connectivity index (χ1v) is 8.64. The number of aryl methyl sites for hydroxylation is 1. The van der Waals surface area contributed by atoms with Crippen molar-refractivity contribution >= 4 is 16.0 Å².